The lowest BCUT2D eigenvalue weighted by Gasteiger charge is -2.06. The average Bonchev–Trinajstić information content (AvgIpc) is 2.59. The Hall–Kier alpha value is -2.58. The molecule has 0 bridgehead atoms. The summed E-state index contributed by atoms with van der Waals surface area (Å²) >= 11 is 1.63. The molecule has 1 heterocycles. The van der Waals surface area contributed by atoms with Crippen LogP contribution in [0.15, 0.2) is 59.8 Å². The first kappa shape index (κ1) is 14.4. The number of thioether (sulfide) groups is 1. The smallest absolute Gasteiger partial charge is 0.127 e. The van der Waals surface area contributed by atoms with Gasteiger partial charge >= 0.3 is 0 Å². The SMILES string of the molecule is N#Cc1ccc(OCCSc2nncc3ccccc23)cc1. The highest BCUT2D eigenvalue weighted by Crippen LogP contribution is 2.24. The van der Waals surface area contributed by atoms with Gasteiger partial charge in [-0.25, -0.2) is 0 Å². The number of nitrogens with zero attached hydrogens (tertiary/aromatic N) is 3. The second-order valence-corrected chi connectivity index (χ2v) is 5.65. The summed E-state index contributed by atoms with van der Waals surface area (Å²) in [5.74, 6) is 1.55. The van der Waals surface area contributed by atoms with Crippen molar-refractivity contribution in [2.75, 3.05) is 12.4 Å². The standard InChI is InChI=1S/C17H13N3OS/c18-11-13-5-7-15(8-6-13)21-9-10-22-17-16-4-2-1-3-14(16)12-19-20-17/h1-8,12H,9-10H2. The zero-order valence-corrected chi connectivity index (χ0v) is 12.6. The van der Waals surface area contributed by atoms with Gasteiger partial charge in [0.25, 0.3) is 0 Å². The van der Waals surface area contributed by atoms with Crippen LogP contribution in [0.5, 0.6) is 5.75 Å². The molecule has 0 fully saturated rings. The topological polar surface area (TPSA) is 58.8 Å². The summed E-state index contributed by atoms with van der Waals surface area (Å²) in [4.78, 5) is 0. The highest BCUT2D eigenvalue weighted by Gasteiger charge is 2.03. The quantitative estimate of drug-likeness (QED) is 0.531. The van der Waals surface area contributed by atoms with Crippen molar-refractivity contribution in [3.05, 3.63) is 60.3 Å². The lowest BCUT2D eigenvalue weighted by molar-refractivity contribution is 0.344. The van der Waals surface area contributed by atoms with Gasteiger partial charge < -0.3 is 4.74 Å². The fourth-order valence-corrected chi connectivity index (χ4v) is 2.84. The van der Waals surface area contributed by atoms with Gasteiger partial charge in [0.2, 0.25) is 0 Å². The van der Waals surface area contributed by atoms with Crippen molar-refractivity contribution in [2.45, 2.75) is 5.03 Å². The van der Waals surface area contributed by atoms with E-state index in [-0.39, 0.29) is 0 Å². The summed E-state index contributed by atoms with van der Waals surface area (Å²) in [5.41, 5.74) is 0.632. The number of benzene rings is 2. The van der Waals surface area contributed by atoms with Crippen molar-refractivity contribution < 1.29 is 4.74 Å². The maximum Gasteiger partial charge on any atom is 0.127 e. The van der Waals surface area contributed by atoms with E-state index < -0.39 is 0 Å². The molecule has 108 valence electrons. The van der Waals surface area contributed by atoms with Crippen LogP contribution >= 0.6 is 11.8 Å². The summed E-state index contributed by atoms with van der Waals surface area (Å²) in [6, 6.07) is 17.3. The zero-order chi connectivity index (χ0) is 15.2. The molecule has 5 heteroatoms. The van der Waals surface area contributed by atoms with Crippen molar-refractivity contribution >= 4 is 22.5 Å². The Balaban J connectivity index is 1.57. The van der Waals surface area contributed by atoms with Crippen LogP contribution in [0.25, 0.3) is 10.8 Å². The van der Waals surface area contributed by atoms with Crippen LogP contribution in [0.1, 0.15) is 5.56 Å². The molecule has 4 nitrogen and oxygen atoms in total. The van der Waals surface area contributed by atoms with Crippen molar-refractivity contribution in [1.82, 2.24) is 10.2 Å². The highest BCUT2D eigenvalue weighted by atomic mass is 32.2. The zero-order valence-electron chi connectivity index (χ0n) is 11.8. The van der Waals surface area contributed by atoms with E-state index in [0.29, 0.717) is 12.2 Å². The number of fused-ring (bicyclic) bond motifs is 1. The van der Waals surface area contributed by atoms with Crippen molar-refractivity contribution in [3.63, 3.8) is 0 Å². The van der Waals surface area contributed by atoms with Crippen LogP contribution < -0.4 is 4.74 Å². The molecule has 0 radical (unpaired) electrons. The fraction of sp³-hybridized carbons (Fsp3) is 0.118. The van der Waals surface area contributed by atoms with Gasteiger partial charge in [-0.1, -0.05) is 24.3 Å². The first-order valence-electron chi connectivity index (χ1n) is 6.83. The Kier molecular flexibility index (Phi) is 4.52. The second-order valence-electron chi connectivity index (χ2n) is 4.57. The molecular formula is C17H13N3OS. The number of ether oxygens (including phenoxy) is 1. The average molecular weight is 307 g/mol. The summed E-state index contributed by atoms with van der Waals surface area (Å²) in [5, 5.41) is 20.1. The summed E-state index contributed by atoms with van der Waals surface area (Å²) in [6.45, 7) is 0.571. The molecule has 0 N–H and O–H groups in total. The number of hydrogen-bond acceptors (Lipinski definition) is 5. The van der Waals surface area contributed by atoms with Gasteiger partial charge in [-0.3, -0.25) is 0 Å². The normalized spacial score (nSPS) is 10.3. The third kappa shape index (κ3) is 3.35. The van der Waals surface area contributed by atoms with Crippen LogP contribution in [-0.2, 0) is 0 Å². The third-order valence-electron chi connectivity index (χ3n) is 3.11. The predicted molar refractivity (Wildman–Crippen MR) is 86.9 cm³/mol. The fourth-order valence-electron chi connectivity index (χ4n) is 2.03. The van der Waals surface area contributed by atoms with E-state index in [2.05, 4.69) is 16.3 Å². The van der Waals surface area contributed by atoms with Crippen molar-refractivity contribution in [2.24, 2.45) is 0 Å². The summed E-state index contributed by atoms with van der Waals surface area (Å²) in [7, 11) is 0. The van der Waals surface area contributed by atoms with Crippen LogP contribution in [-0.4, -0.2) is 22.6 Å². The monoisotopic (exact) mass is 307 g/mol. The molecule has 0 atom stereocenters. The molecule has 0 saturated carbocycles. The van der Waals surface area contributed by atoms with Gasteiger partial charge in [0.1, 0.15) is 10.8 Å². The molecule has 3 rings (SSSR count). The summed E-state index contributed by atoms with van der Waals surface area (Å²) < 4.78 is 5.66. The minimum Gasteiger partial charge on any atom is -0.493 e. The minimum atomic E-state index is 0.571. The van der Waals surface area contributed by atoms with Crippen LogP contribution in [0.4, 0.5) is 0 Å². The Labute approximate surface area is 132 Å². The highest BCUT2D eigenvalue weighted by molar-refractivity contribution is 7.99. The molecule has 0 aliphatic carbocycles. The number of hydrogen-bond donors (Lipinski definition) is 0. The van der Waals surface area contributed by atoms with E-state index in [9.17, 15) is 0 Å². The molecule has 1 aromatic heterocycles. The van der Waals surface area contributed by atoms with E-state index in [1.54, 1.807) is 42.2 Å². The van der Waals surface area contributed by atoms with Gasteiger partial charge in [-0.15, -0.1) is 16.9 Å². The molecule has 0 aliphatic rings. The minimum absolute atomic E-state index is 0.571. The van der Waals surface area contributed by atoms with Crippen LogP contribution in [0.2, 0.25) is 0 Å². The molecule has 22 heavy (non-hydrogen) atoms. The molecule has 0 saturated heterocycles. The predicted octanol–water partition coefficient (Wildman–Crippen LogP) is 3.67. The Morgan fingerprint density at radius 1 is 1.09 bits per heavy atom. The van der Waals surface area contributed by atoms with Gasteiger partial charge in [-0.2, -0.15) is 10.4 Å². The van der Waals surface area contributed by atoms with Crippen molar-refractivity contribution in [1.29, 1.82) is 5.26 Å². The van der Waals surface area contributed by atoms with Crippen LogP contribution in [0.3, 0.4) is 0 Å². The Morgan fingerprint density at radius 2 is 1.91 bits per heavy atom. The van der Waals surface area contributed by atoms with E-state index in [0.717, 1.165) is 27.3 Å². The molecule has 0 amide bonds. The molecule has 3 aromatic rings. The van der Waals surface area contributed by atoms with E-state index in [1.165, 1.54) is 0 Å². The number of nitriles is 1. The van der Waals surface area contributed by atoms with Gasteiger partial charge in [-0.05, 0) is 24.3 Å². The maximum atomic E-state index is 8.75. The largest absolute Gasteiger partial charge is 0.493 e. The van der Waals surface area contributed by atoms with Crippen LogP contribution in [0, 0.1) is 11.3 Å². The van der Waals surface area contributed by atoms with Gasteiger partial charge in [0.05, 0.1) is 24.4 Å². The molecule has 2 aromatic carbocycles. The van der Waals surface area contributed by atoms with E-state index in [1.807, 2.05) is 24.3 Å². The number of aromatic nitrogens is 2. The molecule has 0 unspecified atom stereocenters. The lowest BCUT2D eigenvalue weighted by atomic mass is 10.2. The van der Waals surface area contributed by atoms with E-state index >= 15 is 0 Å². The van der Waals surface area contributed by atoms with Gasteiger partial charge in [0.15, 0.2) is 0 Å². The molecule has 0 aliphatic heterocycles. The molecular weight excluding hydrogens is 294 g/mol. The molecule has 0 spiro atoms. The van der Waals surface area contributed by atoms with Crippen molar-refractivity contribution in [3.8, 4) is 11.8 Å². The summed E-state index contributed by atoms with van der Waals surface area (Å²) in [6.07, 6.45) is 1.77. The first-order chi connectivity index (χ1) is 10.9. The third-order valence-corrected chi connectivity index (χ3v) is 4.06. The Morgan fingerprint density at radius 3 is 2.73 bits per heavy atom. The first-order valence-corrected chi connectivity index (χ1v) is 7.81. The van der Waals surface area contributed by atoms with E-state index in [4.69, 9.17) is 10.00 Å². The number of rotatable bonds is 5. The Bertz CT molecular complexity index is 807. The lowest BCUT2D eigenvalue weighted by Crippen LogP contribution is -2.00. The maximum absolute atomic E-state index is 8.75. The second kappa shape index (κ2) is 6.92. The van der Waals surface area contributed by atoms with Gasteiger partial charge in [0, 0.05) is 16.5 Å².